The highest BCUT2D eigenvalue weighted by Crippen LogP contribution is 2.52. The third-order valence-electron chi connectivity index (χ3n) is 5.72. The fourth-order valence-corrected chi connectivity index (χ4v) is 3.89. The van der Waals surface area contributed by atoms with Gasteiger partial charge in [0, 0.05) is 23.3 Å². The molecular weight excluding hydrogens is 378 g/mol. The van der Waals surface area contributed by atoms with Crippen LogP contribution in [0.25, 0.3) is 22.2 Å². The van der Waals surface area contributed by atoms with E-state index in [0.29, 0.717) is 18.1 Å². The Kier molecular flexibility index (Phi) is 4.38. The van der Waals surface area contributed by atoms with Gasteiger partial charge in [0.1, 0.15) is 0 Å². The van der Waals surface area contributed by atoms with E-state index in [9.17, 15) is 0 Å². The second-order valence-electron chi connectivity index (χ2n) is 7.64. The smallest absolute Gasteiger partial charge is 0.167 e. The van der Waals surface area contributed by atoms with E-state index in [1.165, 1.54) is 0 Å². The summed E-state index contributed by atoms with van der Waals surface area (Å²) in [5, 5.41) is 16.1. The van der Waals surface area contributed by atoms with Crippen molar-refractivity contribution in [2.24, 2.45) is 5.84 Å². The van der Waals surface area contributed by atoms with Gasteiger partial charge in [-0.05, 0) is 48.7 Å². The number of benzene rings is 1. The summed E-state index contributed by atoms with van der Waals surface area (Å²) in [5.41, 5.74) is 10.1. The van der Waals surface area contributed by atoms with E-state index in [-0.39, 0.29) is 12.1 Å². The Morgan fingerprint density at radius 3 is 2.83 bits per heavy atom. The third-order valence-corrected chi connectivity index (χ3v) is 5.72. The molecule has 0 spiro atoms. The van der Waals surface area contributed by atoms with Crippen molar-refractivity contribution in [3.05, 3.63) is 66.6 Å². The molecule has 8 nitrogen and oxygen atoms in total. The Morgan fingerprint density at radius 1 is 1.17 bits per heavy atom. The van der Waals surface area contributed by atoms with Gasteiger partial charge in [-0.25, -0.2) is 10.8 Å². The Morgan fingerprint density at radius 2 is 2.03 bits per heavy atom. The van der Waals surface area contributed by atoms with Crippen LogP contribution in [0, 0.1) is 0 Å². The first-order valence-corrected chi connectivity index (χ1v) is 9.91. The van der Waals surface area contributed by atoms with Crippen LogP contribution >= 0.6 is 0 Å². The van der Waals surface area contributed by atoms with Gasteiger partial charge >= 0.3 is 0 Å². The maximum atomic E-state index is 9.10. The molecule has 0 saturated heterocycles. The first-order chi connectivity index (χ1) is 14.6. The van der Waals surface area contributed by atoms with E-state index < -0.39 is 0 Å². The molecule has 0 atom stereocenters. The lowest BCUT2D eigenvalue weighted by Gasteiger charge is -2.30. The molecule has 152 valence electrons. The molecule has 1 aliphatic rings. The summed E-state index contributed by atoms with van der Waals surface area (Å²) >= 11 is 0. The number of hydrogen-bond acceptors (Lipinski definition) is 7. The molecule has 4 aromatic rings. The van der Waals surface area contributed by atoms with Gasteiger partial charge in [-0.3, -0.25) is 14.7 Å². The Hall–Kier alpha value is -3.49. The quantitative estimate of drug-likeness (QED) is 0.335. The predicted octanol–water partition coefficient (Wildman–Crippen LogP) is 2.44. The second kappa shape index (κ2) is 7.08. The van der Waals surface area contributed by atoms with Gasteiger partial charge in [-0.2, -0.15) is 5.10 Å². The molecule has 0 unspecified atom stereocenters. The molecule has 30 heavy (non-hydrogen) atoms. The molecule has 1 saturated carbocycles. The first kappa shape index (κ1) is 18.5. The van der Waals surface area contributed by atoms with Gasteiger partial charge in [0.15, 0.2) is 5.82 Å². The van der Waals surface area contributed by atoms with Gasteiger partial charge < -0.3 is 10.8 Å². The Balaban J connectivity index is 1.51. The van der Waals surface area contributed by atoms with Crippen molar-refractivity contribution in [1.82, 2.24) is 19.7 Å². The lowest BCUT2D eigenvalue weighted by atomic mass is 10.0. The third kappa shape index (κ3) is 3.06. The van der Waals surface area contributed by atoms with Crippen LogP contribution in [0.5, 0.6) is 0 Å². The minimum atomic E-state index is -0.329. The van der Waals surface area contributed by atoms with E-state index in [0.717, 1.165) is 40.6 Å². The highest BCUT2D eigenvalue weighted by atomic mass is 16.3. The van der Waals surface area contributed by atoms with Crippen molar-refractivity contribution in [1.29, 1.82) is 0 Å². The fraction of sp³-hybridized carbons (Fsp3) is 0.227. The number of aliphatic hydroxyl groups is 1. The maximum absolute atomic E-state index is 9.10. The topological polar surface area (TPSA) is 119 Å². The fourth-order valence-electron chi connectivity index (χ4n) is 3.89. The van der Waals surface area contributed by atoms with Crippen LogP contribution in [-0.2, 0) is 12.1 Å². The number of nitrogen functional groups attached to an aromatic ring is 1. The average molecular weight is 401 g/mol. The first-order valence-electron chi connectivity index (χ1n) is 9.91. The summed E-state index contributed by atoms with van der Waals surface area (Å²) in [6.07, 6.45) is 7.22. The average Bonchev–Trinajstić information content (AvgIpc) is 3.46. The minimum Gasteiger partial charge on any atom is -0.396 e. The Bertz CT molecular complexity index is 1220. The lowest BCUT2D eigenvalue weighted by Crippen LogP contribution is -2.42. The zero-order valence-electron chi connectivity index (χ0n) is 16.4. The second-order valence-corrected chi connectivity index (χ2v) is 7.64. The maximum Gasteiger partial charge on any atom is 0.167 e. The van der Waals surface area contributed by atoms with Gasteiger partial charge in [0.25, 0.3) is 0 Å². The molecule has 0 amide bonds. The summed E-state index contributed by atoms with van der Waals surface area (Å²) in [6.45, 7) is 0.465. The van der Waals surface area contributed by atoms with E-state index in [1.54, 1.807) is 22.1 Å². The number of aliphatic hydroxyl groups excluding tert-OH is 1. The largest absolute Gasteiger partial charge is 0.396 e. The number of pyridine rings is 2. The standard InChI is InChI=1S/C22H23N7O/c23-18-4-6-20(16-13-26-28(14-16)10-11-30)27-21(18)29(24)22(7-8-22)17-3-5-19-15(12-17)2-1-9-25-19/h1-6,9,12-14,30H,7-8,10-11,23-24H2. The zero-order chi connectivity index (χ0) is 20.7. The van der Waals surface area contributed by atoms with Crippen LogP contribution in [0.2, 0.25) is 0 Å². The number of hydrazine groups is 1. The van der Waals surface area contributed by atoms with E-state index in [4.69, 9.17) is 21.7 Å². The van der Waals surface area contributed by atoms with Crippen molar-refractivity contribution in [2.75, 3.05) is 17.3 Å². The SMILES string of the molecule is Nc1ccc(-c2cnn(CCO)c2)nc1N(N)C1(c2ccc3ncccc3c2)CC1. The monoisotopic (exact) mass is 401 g/mol. The van der Waals surface area contributed by atoms with Crippen molar-refractivity contribution in [3.63, 3.8) is 0 Å². The number of rotatable bonds is 6. The molecule has 0 bridgehead atoms. The van der Waals surface area contributed by atoms with Crippen molar-refractivity contribution in [2.45, 2.75) is 24.9 Å². The summed E-state index contributed by atoms with van der Waals surface area (Å²) < 4.78 is 1.68. The van der Waals surface area contributed by atoms with Gasteiger partial charge in [0.2, 0.25) is 0 Å². The highest BCUT2D eigenvalue weighted by Gasteiger charge is 2.50. The van der Waals surface area contributed by atoms with E-state index in [1.807, 2.05) is 30.5 Å². The number of nitrogens with two attached hydrogens (primary N) is 2. The molecule has 3 heterocycles. The summed E-state index contributed by atoms with van der Waals surface area (Å²) in [6, 6.07) is 13.9. The molecule has 5 rings (SSSR count). The zero-order valence-corrected chi connectivity index (χ0v) is 16.4. The minimum absolute atomic E-state index is 0.0297. The number of fused-ring (bicyclic) bond motifs is 1. The van der Waals surface area contributed by atoms with Gasteiger partial charge in [0.05, 0.1) is 41.8 Å². The summed E-state index contributed by atoms with van der Waals surface area (Å²) in [4.78, 5) is 9.16. The molecule has 8 heteroatoms. The number of hydrogen-bond donors (Lipinski definition) is 3. The highest BCUT2D eigenvalue weighted by molar-refractivity contribution is 5.80. The molecule has 3 aromatic heterocycles. The molecule has 5 N–H and O–H groups in total. The molecule has 1 aliphatic carbocycles. The lowest BCUT2D eigenvalue weighted by molar-refractivity contribution is 0.269. The van der Waals surface area contributed by atoms with Crippen LogP contribution < -0.4 is 16.6 Å². The summed E-state index contributed by atoms with van der Waals surface area (Å²) in [7, 11) is 0. The van der Waals surface area contributed by atoms with Crippen LogP contribution in [0.15, 0.2) is 61.1 Å². The van der Waals surface area contributed by atoms with E-state index in [2.05, 4.69) is 28.3 Å². The van der Waals surface area contributed by atoms with Crippen LogP contribution in [-0.4, -0.2) is 31.5 Å². The van der Waals surface area contributed by atoms with Gasteiger partial charge in [-0.15, -0.1) is 0 Å². The molecule has 0 aliphatic heterocycles. The predicted molar refractivity (Wildman–Crippen MR) is 116 cm³/mol. The molecule has 1 aromatic carbocycles. The van der Waals surface area contributed by atoms with Crippen molar-refractivity contribution < 1.29 is 5.11 Å². The Labute approximate surface area is 173 Å². The van der Waals surface area contributed by atoms with Gasteiger partial charge in [-0.1, -0.05) is 12.1 Å². The molecular formula is C22H23N7O. The van der Waals surface area contributed by atoms with Crippen molar-refractivity contribution in [3.8, 4) is 11.3 Å². The van der Waals surface area contributed by atoms with E-state index >= 15 is 0 Å². The molecule has 1 fully saturated rings. The van der Waals surface area contributed by atoms with Crippen molar-refractivity contribution >= 4 is 22.4 Å². The summed E-state index contributed by atoms with van der Waals surface area (Å²) in [5.74, 6) is 7.18. The van der Waals surface area contributed by atoms with Crippen LogP contribution in [0.1, 0.15) is 18.4 Å². The van der Waals surface area contributed by atoms with Crippen LogP contribution in [0.3, 0.4) is 0 Å². The number of nitrogens with zero attached hydrogens (tertiary/aromatic N) is 5. The normalized spacial score (nSPS) is 14.7. The number of aromatic nitrogens is 4. The number of anilines is 2. The molecule has 0 radical (unpaired) electrons. The van der Waals surface area contributed by atoms with Crippen LogP contribution in [0.4, 0.5) is 11.5 Å².